The number of nitrogens with one attached hydrogen (secondary N) is 1. The SMILES string of the molecule is O=C(Cc1cccc(N(Cc2ccc(F)cc2)C(=O)Cc2cccs2)c1)NCc1ccco1. The van der Waals surface area contributed by atoms with E-state index in [2.05, 4.69) is 5.32 Å². The molecule has 2 aromatic carbocycles. The van der Waals surface area contributed by atoms with Gasteiger partial charge in [0, 0.05) is 10.6 Å². The van der Waals surface area contributed by atoms with Crippen molar-refractivity contribution in [1.82, 2.24) is 5.32 Å². The standard InChI is InChI=1S/C26H23FN2O3S/c27-21-10-8-19(9-11-21)18-29(26(31)16-24-7-3-13-33-24)22-5-1-4-20(14-22)15-25(30)28-17-23-6-2-12-32-23/h1-14H,15-18H2,(H,28,30). The van der Waals surface area contributed by atoms with E-state index in [0.29, 0.717) is 24.5 Å². The fourth-order valence-electron chi connectivity index (χ4n) is 3.43. The van der Waals surface area contributed by atoms with Crippen LogP contribution in [0, 0.1) is 5.82 Å². The molecule has 2 heterocycles. The van der Waals surface area contributed by atoms with Gasteiger partial charge in [-0.25, -0.2) is 4.39 Å². The molecule has 168 valence electrons. The van der Waals surface area contributed by atoms with E-state index in [-0.39, 0.29) is 30.5 Å². The number of hydrogen-bond acceptors (Lipinski definition) is 4. The normalized spacial score (nSPS) is 10.7. The fourth-order valence-corrected chi connectivity index (χ4v) is 4.13. The number of thiophene rings is 1. The first kappa shape index (κ1) is 22.5. The number of anilines is 1. The third-order valence-electron chi connectivity index (χ3n) is 5.09. The summed E-state index contributed by atoms with van der Waals surface area (Å²) < 4.78 is 18.6. The zero-order valence-electron chi connectivity index (χ0n) is 17.9. The van der Waals surface area contributed by atoms with Crippen molar-refractivity contribution in [2.75, 3.05) is 4.90 Å². The largest absolute Gasteiger partial charge is 0.467 e. The molecule has 5 nitrogen and oxygen atoms in total. The summed E-state index contributed by atoms with van der Waals surface area (Å²) in [6, 6.07) is 20.9. The lowest BCUT2D eigenvalue weighted by Crippen LogP contribution is -2.31. The lowest BCUT2D eigenvalue weighted by Gasteiger charge is -2.24. The molecule has 0 bridgehead atoms. The number of furan rings is 1. The van der Waals surface area contributed by atoms with Gasteiger partial charge in [-0.1, -0.05) is 30.3 Å². The molecule has 1 N–H and O–H groups in total. The van der Waals surface area contributed by atoms with Crippen molar-refractivity contribution in [3.8, 4) is 0 Å². The smallest absolute Gasteiger partial charge is 0.232 e. The zero-order chi connectivity index (χ0) is 23.0. The van der Waals surface area contributed by atoms with E-state index in [1.807, 2.05) is 41.8 Å². The number of carbonyl (C=O) groups is 2. The van der Waals surface area contributed by atoms with Crippen LogP contribution >= 0.6 is 11.3 Å². The van der Waals surface area contributed by atoms with Crippen molar-refractivity contribution in [3.05, 3.63) is 112 Å². The number of hydrogen-bond donors (Lipinski definition) is 1. The molecule has 0 saturated carbocycles. The number of carbonyl (C=O) groups excluding carboxylic acids is 2. The molecule has 33 heavy (non-hydrogen) atoms. The molecular weight excluding hydrogens is 439 g/mol. The van der Waals surface area contributed by atoms with Gasteiger partial charge >= 0.3 is 0 Å². The van der Waals surface area contributed by atoms with Gasteiger partial charge in [0.15, 0.2) is 0 Å². The van der Waals surface area contributed by atoms with Crippen molar-refractivity contribution >= 4 is 28.8 Å². The minimum absolute atomic E-state index is 0.0683. The fraction of sp³-hybridized carbons (Fsp3) is 0.154. The predicted molar refractivity (Wildman–Crippen MR) is 126 cm³/mol. The molecule has 0 saturated heterocycles. The van der Waals surface area contributed by atoms with Crippen LogP contribution in [0.15, 0.2) is 88.9 Å². The Morgan fingerprint density at radius 3 is 2.52 bits per heavy atom. The van der Waals surface area contributed by atoms with Gasteiger partial charge in [-0.15, -0.1) is 11.3 Å². The van der Waals surface area contributed by atoms with E-state index >= 15 is 0 Å². The van der Waals surface area contributed by atoms with Gasteiger partial charge in [0.05, 0.1) is 32.2 Å². The minimum atomic E-state index is -0.322. The highest BCUT2D eigenvalue weighted by molar-refractivity contribution is 7.10. The first-order valence-electron chi connectivity index (χ1n) is 10.5. The van der Waals surface area contributed by atoms with Gasteiger partial charge < -0.3 is 14.6 Å². The van der Waals surface area contributed by atoms with Gasteiger partial charge in [-0.3, -0.25) is 9.59 Å². The Labute approximate surface area is 195 Å². The average Bonchev–Trinajstić information content (AvgIpc) is 3.52. The molecule has 0 atom stereocenters. The molecule has 0 unspecified atom stereocenters. The van der Waals surface area contributed by atoms with Gasteiger partial charge in [-0.2, -0.15) is 0 Å². The third kappa shape index (κ3) is 6.40. The van der Waals surface area contributed by atoms with E-state index in [1.54, 1.807) is 35.4 Å². The number of amides is 2. The molecule has 7 heteroatoms. The van der Waals surface area contributed by atoms with Crippen molar-refractivity contribution in [1.29, 1.82) is 0 Å². The van der Waals surface area contributed by atoms with E-state index < -0.39 is 0 Å². The van der Waals surface area contributed by atoms with E-state index in [4.69, 9.17) is 4.42 Å². The molecule has 0 aliphatic heterocycles. The second-order valence-electron chi connectivity index (χ2n) is 7.57. The Kier molecular flexibility index (Phi) is 7.32. The summed E-state index contributed by atoms with van der Waals surface area (Å²) >= 11 is 1.53. The highest BCUT2D eigenvalue weighted by Crippen LogP contribution is 2.22. The van der Waals surface area contributed by atoms with Crippen LogP contribution in [0.3, 0.4) is 0 Å². The van der Waals surface area contributed by atoms with Crippen LogP contribution in [0.5, 0.6) is 0 Å². The Morgan fingerprint density at radius 2 is 1.79 bits per heavy atom. The Morgan fingerprint density at radius 1 is 0.939 bits per heavy atom. The van der Waals surface area contributed by atoms with E-state index in [1.165, 1.54) is 23.5 Å². The van der Waals surface area contributed by atoms with Crippen molar-refractivity contribution in [2.24, 2.45) is 0 Å². The van der Waals surface area contributed by atoms with E-state index in [0.717, 1.165) is 16.0 Å². The molecule has 4 aromatic rings. The third-order valence-corrected chi connectivity index (χ3v) is 5.96. The second-order valence-corrected chi connectivity index (χ2v) is 8.60. The summed E-state index contributed by atoms with van der Waals surface area (Å²) in [5, 5.41) is 4.77. The summed E-state index contributed by atoms with van der Waals surface area (Å²) in [4.78, 5) is 28.3. The topological polar surface area (TPSA) is 62.6 Å². The summed E-state index contributed by atoms with van der Waals surface area (Å²) in [5.74, 6) is 0.152. The molecule has 0 spiro atoms. The van der Waals surface area contributed by atoms with Gasteiger partial charge in [0.2, 0.25) is 11.8 Å². The summed E-state index contributed by atoms with van der Waals surface area (Å²) in [6.07, 6.45) is 2.01. The Balaban J connectivity index is 1.50. The molecule has 4 rings (SSSR count). The maximum atomic E-state index is 13.4. The van der Waals surface area contributed by atoms with Crippen LogP contribution in [0.1, 0.15) is 21.8 Å². The Bertz CT molecular complexity index is 1190. The summed E-state index contributed by atoms with van der Waals surface area (Å²) in [5.41, 5.74) is 2.30. The van der Waals surface area contributed by atoms with Crippen LogP contribution < -0.4 is 10.2 Å². The predicted octanol–water partition coefficient (Wildman–Crippen LogP) is 5.12. The van der Waals surface area contributed by atoms with Gasteiger partial charge in [-0.05, 0) is 59.0 Å². The quantitative estimate of drug-likeness (QED) is 0.376. The molecular formula is C26H23FN2O3S. The lowest BCUT2D eigenvalue weighted by molar-refractivity contribution is -0.120. The molecule has 0 aliphatic rings. The summed E-state index contributed by atoms with van der Waals surface area (Å²) in [6.45, 7) is 0.625. The van der Waals surface area contributed by atoms with E-state index in [9.17, 15) is 14.0 Å². The molecule has 0 radical (unpaired) electrons. The molecule has 2 aromatic heterocycles. The first-order valence-corrected chi connectivity index (χ1v) is 11.4. The van der Waals surface area contributed by atoms with Gasteiger partial charge in [0.25, 0.3) is 0 Å². The zero-order valence-corrected chi connectivity index (χ0v) is 18.7. The molecule has 0 aliphatic carbocycles. The highest BCUT2D eigenvalue weighted by Gasteiger charge is 2.18. The van der Waals surface area contributed by atoms with Crippen LogP contribution in [0.4, 0.5) is 10.1 Å². The van der Waals surface area contributed by atoms with Crippen molar-refractivity contribution in [3.63, 3.8) is 0 Å². The molecule has 0 fully saturated rings. The second kappa shape index (κ2) is 10.7. The van der Waals surface area contributed by atoms with Crippen LogP contribution in [-0.4, -0.2) is 11.8 Å². The number of rotatable bonds is 9. The maximum absolute atomic E-state index is 13.4. The van der Waals surface area contributed by atoms with Crippen molar-refractivity contribution < 1.29 is 18.4 Å². The van der Waals surface area contributed by atoms with Crippen LogP contribution in [-0.2, 0) is 35.5 Å². The first-order chi connectivity index (χ1) is 16.1. The number of halogens is 1. The maximum Gasteiger partial charge on any atom is 0.232 e. The lowest BCUT2D eigenvalue weighted by atomic mass is 10.1. The number of nitrogens with zero attached hydrogens (tertiary/aromatic N) is 1. The van der Waals surface area contributed by atoms with Crippen molar-refractivity contribution in [2.45, 2.75) is 25.9 Å². The highest BCUT2D eigenvalue weighted by atomic mass is 32.1. The van der Waals surface area contributed by atoms with Crippen LogP contribution in [0.25, 0.3) is 0 Å². The van der Waals surface area contributed by atoms with Crippen LogP contribution in [0.2, 0.25) is 0 Å². The van der Waals surface area contributed by atoms with Gasteiger partial charge in [0.1, 0.15) is 11.6 Å². The average molecular weight is 463 g/mol. The monoisotopic (exact) mass is 462 g/mol. The summed E-state index contributed by atoms with van der Waals surface area (Å²) in [7, 11) is 0. The Hall–Kier alpha value is -3.71. The number of benzene rings is 2. The molecule has 2 amide bonds. The minimum Gasteiger partial charge on any atom is -0.467 e.